The van der Waals surface area contributed by atoms with E-state index in [0.717, 1.165) is 24.3 Å². The third-order valence-electron chi connectivity index (χ3n) is 4.22. The molecule has 2 aliphatic carbocycles. The minimum Gasteiger partial charge on any atom is -0.481 e. The largest absolute Gasteiger partial charge is 0.481 e. The summed E-state index contributed by atoms with van der Waals surface area (Å²) in [5, 5.41) is 16.6. The van der Waals surface area contributed by atoms with Crippen molar-refractivity contribution in [1.29, 1.82) is 0 Å². The molecule has 0 aromatic carbocycles. The number of carboxylic acid groups (broad SMARTS) is 1. The highest BCUT2D eigenvalue weighted by Gasteiger charge is 2.39. The fourth-order valence-electron chi connectivity index (χ4n) is 3.50. The molecule has 2 aliphatic rings. The topological polar surface area (TPSA) is 68.0 Å². The molecular formula is C12H17N3O2. The Balaban J connectivity index is 1.61. The van der Waals surface area contributed by atoms with Crippen LogP contribution < -0.4 is 0 Å². The monoisotopic (exact) mass is 235 g/mol. The summed E-state index contributed by atoms with van der Waals surface area (Å²) >= 11 is 0. The SMILES string of the molecule is O=C(O)Cc1cn(CC2CC3CCC2C3)nn1. The molecule has 3 rings (SSSR count). The van der Waals surface area contributed by atoms with Gasteiger partial charge in [0.15, 0.2) is 0 Å². The summed E-state index contributed by atoms with van der Waals surface area (Å²) in [6.07, 6.45) is 7.23. The van der Waals surface area contributed by atoms with Crippen molar-refractivity contribution >= 4 is 5.97 Å². The van der Waals surface area contributed by atoms with Crippen LogP contribution in [0.2, 0.25) is 0 Å². The molecule has 0 radical (unpaired) electrons. The summed E-state index contributed by atoms with van der Waals surface area (Å²) < 4.78 is 1.82. The fourth-order valence-corrected chi connectivity index (χ4v) is 3.50. The van der Waals surface area contributed by atoms with Gasteiger partial charge in [0.05, 0.1) is 12.1 Å². The number of fused-ring (bicyclic) bond motifs is 2. The van der Waals surface area contributed by atoms with Gasteiger partial charge >= 0.3 is 5.97 Å². The van der Waals surface area contributed by atoms with E-state index in [4.69, 9.17) is 5.11 Å². The summed E-state index contributed by atoms with van der Waals surface area (Å²) in [5.41, 5.74) is 0.556. The summed E-state index contributed by atoms with van der Waals surface area (Å²) in [6, 6.07) is 0. The van der Waals surface area contributed by atoms with Crippen molar-refractivity contribution < 1.29 is 9.90 Å². The van der Waals surface area contributed by atoms with E-state index < -0.39 is 5.97 Å². The number of hydrogen-bond acceptors (Lipinski definition) is 3. The molecule has 2 saturated carbocycles. The van der Waals surface area contributed by atoms with Gasteiger partial charge in [0.2, 0.25) is 0 Å². The maximum atomic E-state index is 10.5. The Kier molecular flexibility index (Phi) is 2.61. The zero-order chi connectivity index (χ0) is 11.8. The van der Waals surface area contributed by atoms with Gasteiger partial charge in [-0.1, -0.05) is 11.6 Å². The van der Waals surface area contributed by atoms with Gasteiger partial charge in [-0.15, -0.1) is 5.10 Å². The lowest BCUT2D eigenvalue weighted by Gasteiger charge is -2.20. The van der Waals surface area contributed by atoms with Gasteiger partial charge in [0.25, 0.3) is 0 Å². The molecule has 0 saturated heterocycles. The average molecular weight is 235 g/mol. The molecule has 5 heteroatoms. The number of hydrogen-bond donors (Lipinski definition) is 1. The highest BCUT2D eigenvalue weighted by Crippen LogP contribution is 2.48. The normalized spacial score (nSPS) is 30.9. The third-order valence-corrected chi connectivity index (χ3v) is 4.22. The van der Waals surface area contributed by atoms with Gasteiger partial charge in [-0.2, -0.15) is 0 Å². The first-order valence-corrected chi connectivity index (χ1v) is 6.31. The molecule has 3 unspecified atom stereocenters. The standard InChI is InChI=1S/C12H17N3O2/c16-12(17)5-11-7-15(14-13-11)6-10-4-8-1-2-9(10)3-8/h7-10H,1-6H2,(H,16,17). The predicted octanol–water partition coefficient (Wildman–Crippen LogP) is 1.34. The van der Waals surface area contributed by atoms with E-state index in [1.807, 2.05) is 4.68 Å². The van der Waals surface area contributed by atoms with E-state index in [1.54, 1.807) is 6.20 Å². The number of rotatable bonds is 4. The van der Waals surface area contributed by atoms with E-state index in [9.17, 15) is 4.79 Å². The molecule has 0 amide bonds. The molecule has 1 heterocycles. The van der Waals surface area contributed by atoms with Crippen LogP contribution in [-0.2, 0) is 17.8 Å². The lowest BCUT2D eigenvalue weighted by atomic mass is 9.89. The summed E-state index contributed by atoms with van der Waals surface area (Å²) in [7, 11) is 0. The molecule has 0 aliphatic heterocycles. The van der Waals surface area contributed by atoms with Crippen LogP contribution in [0.4, 0.5) is 0 Å². The highest BCUT2D eigenvalue weighted by molar-refractivity contribution is 5.69. The molecule has 1 aromatic rings. The van der Waals surface area contributed by atoms with Crippen molar-refractivity contribution in [2.75, 3.05) is 0 Å². The van der Waals surface area contributed by atoms with Crippen LogP contribution in [0, 0.1) is 17.8 Å². The van der Waals surface area contributed by atoms with Gasteiger partial charge in [0.1, 0.15) is 0 Å². The van der Waals surface area contributed by atoms with Crippen LogP contribution in [-0.4, -0.2) is 26.1 Å². The van der Waals surface area contributed by atoms with Crippen LogP contribution in [0.25, 0.3) is 0 Å². The minimum atomic E-state index is -0.850. The molecule has 3 atom stereocenters. The molecule has 2 bridgehead atoms. The summed E-state index contributed by atoms with van der Waals surface area (Å²) in [5.74, 6) is 1.68. The highest BCUT2D eigenvalue weighted by atomic mass is 16.4. The Morgan fingerprint density at radius 3 is 3.00 bits per heavy atom. The Morgan fingerprint density at radius 1 is 1.47 bits per heavy atom. The second-order valence-electron chi connectivity index (χ2n) is 5.44. The number of aromatic nitrogens is 3. The molecule has 17 heavy (non-hydrogen) atoms. The lowest BCUT2D eigenvalue weighted by molar-refractivity contribution is -0.136. The van der Waals surface area contributed by atoms with Crippen LogP contribution in [0.1, 0.15) is 31.4 Å². The number of aliphatic carboxylic acids is 1. The Morgan fingerprint density at radius 2 is 2.35 bits per heavy atom. The van der Waals surface area contributed by atoms with E-state index in [-0.39, 0.29) is 6.42 Å². The van der Waals surface area contributed by atoms with Crippen LogP contribution >= 0.6 is 0 Å². The van der Waals surface area contributed by atoms with Crippen molar-refractivity contribution in [2.24, 2.45) is 17.8 Å². The van der Waals surface area contributed by atoms with Crippen molar-refractivity contribution in [2.45, 2.75) is 38.6 Å². The first-order valence-electron chi connectivity index (χ1n) is 6.31. The van der Waals surface area contributed by atoms with Crippen molar-refractivity contribution in [1.82, 2.24) is 15.0 Å². The Labute approximate surface area is 99.8 Å². The van der Waals surface area contributed by atoms with E-state index in [0.29, 0.717) is 5.69 Å². The molecular weight excluding hydrogens is 218 g/mol. The van der Waals surface area contributed by atoms with Crippen molar-refractivity contribution in [3.8, 4) is 0 Å². The second-order valence-corrected chi connectivity index (χ2v) is 5.44. The minimum absolute atomic E-state index is 0.0310. The smallest absolute Gasteiger partial charge is 0.309 e. The Bertz CT molecular complexity index is 429. The van der Waals surface area contributed by atoms with Gasteiger partial charge in [0, 0.05) is 12.7 Å². The molecule has 5 nitrogen and oxygen atoms in total. The van der Waals surface area contributed by atoms with Crippen LogP contribution in [0.15, 0.2) is 6.20 Å². The lowest BCUT2D eigenvalue weighted by Crippen LogP contribution is -2.17. The van der Waals surface area contributed by atoms with Gasteiger partial charge in [-0.3, -0.25) is 9.48 Å². The van der Waals surface area contributed by atoms with Crippen molar-refractivity contribution in [3.63, 3.8) is 0 Å². The van der Waals surface area contributed by atoms with Gasteiger partial charge in [-0.25, -0.2) is 0 Å². The van der Waals surface area contributed by atoms with E-state index in [1.165, 1.54) is 25.7 Å². The second kappa shape index (κ2) is 4.13. The first kappa shape index (κ1) is 10.7. The zero-order valence-corrected chi connectivity index (χ0v) is 9.75. The summed E-state index contributed by atoms with van der Waals surface area (Å²) in [4.78, 5) is 10.5. The maximum Gasteiger partial charge on any atom is 0.309 e. The number of carbonyl (C=O) groups is 1. The van der Waals surface area contributed by atoms with Crippen LogP contribution in [0.5, 0.6) is 0 Å². The Hall–Kier alpha value is -1.39. The maximum absolute atomic E-state index is 10.5. The van der Waals surface area contributed by atoms with E-state index in [2.05, 4.69) is 10.3 Å². The quantitative estimate of drug-likeness (QED) is 0.855. The fraction of sp³-hybridized carbons (Fsp3) is 0.750. The summed E-state index contributed by atoms with van der Waals surface area (Å²) in [6.45, 7) is 0.911. The molecule has 0 spiro atoms. The number of nitrogens with zero attached hydrogens (tertiary/aromatic N) is 3. The molecule has 2 fully saturated rings. The average Bonchev–Trinajstić information content (AvgIpc) is 2.94. The number of carboxylic acids is 1. The van der Waals surface area contributed by atoms with Crippen molar-refractivity contribution in [3.05, 3.63) is 11.9 Å². The molecule has 1 aromatic heterocycles. The molecule has 1 N–H and O–H groups in total. The molecule has 92 valence electrons. The first-order chi connectivity index (χ1) is 8.20. The zero-order valence-electron chi connectivity index (χ0n) is 9.75. The van der Waals surface area contributed by atoms with Crippen LogP contribution in [0.3, 0.4) is 0 Å². The third kappa shape index (κ3) is 2.18. The van der Waals surface area contributed by atoms with E-state index >= 15 is 0 Å². The van der Waals surface area contributed by atoms with Gasteiger partial charge in [-0.05, 0) is 37.0 Å². The predicted molar refractivity (Wildman–Crippen MR) is 60.3 cm³/mol. The van der Waals surface area contributed by atoms with Gasteiger partial charge < -0.3 is 5.11 Å².